The minimum atomic E-state index is 0.119. The van der Waals surface area contributed by atoms with Crippen LogP contribution in [-0.2, 0) is 4.74 Å². The van der Waals surface area contributed by atoms with Crippen LogP contribution in [0.5, 0.6) is 0 Å². The zero-order valence-corrected chi connectivity index (χ0v) is 8.06. The van der Waals surface area contributed by atoms with Gasteiger partial charge in [-0.15, -0.1) is 0 Å². The minimum Gasteiger partial charge on any atom is -0.621 e. The van der Waals surface area contributed by atoms with Crippen molar-refractivity contribution in [3.63, 3.8) is 0 Å². The van der Waals surface area contributed by atoms with Gasteiger partial charge in [0.25, 0.3) is 0 Å². The van der Waals surface area contributed by atoms with Crippen LogP contribution in [0.25, 0.3) is 0 Å². The first-order chi connectivity index (χ1) is 6.12. The Morgan fingerprint density at radius 1 is 1.38 bits per heavy atom. The van der Waals surface area contributed by atoms with Crippen LogP contribution in [0.15, 0.2) is 0 Å². The molecule has 13 heavy (non-hydrogen) atoms. The van der Waals surface area contributed by atoms with E-state index in [1.165, 1.54) is 19.2 Å². The van der Waals surface area contributed by atoms with Gasteiger partial charge in [0.15, 0.2) is 6.10 Å². The largest absolute Gasteiger partial charge is 0.621 e. The summed E-state index contributed by atoms with van der Waals surface area (Å²) in [7, 11) is 0. The van der Waals surface area contributed by atoms with E-state index in [-0.39, 0.29) is 12.1 Å². The molecule has 3 nitrogen and oxygen atoms in total. The van der Waals surface area contributed by atoms with E-state index in [1.807, 2.05) is 0 Å². The summed E-state index contributed by atoms with van der Waals surface area (Å²) in [6.45, 7) is 4.57. The van der Waals surface area contributed by atoms with Crippen LogP contribution in [0.1, 0.15) is 26.7 Å². The summed E-state index contributed by atoms with van der Waals surface area (Å²) in [5.41, 5.74) is 0.312. The van der Waals surface area contributed by atoms with E-state index in [0.29, 0.717) is 17.3 Å². The van der Waals surface area contributed by atoms with E-state index in [0.717, 1.165) is 4.74 Å². The number of rotatable bonds is 0. The smallest absolute Gasteiger partial charge is 0.336 e. The van der Waals surface area contributed by atoms with Gasteiger partial charge in [0.1, 0.15) is 0 Å². The molecule has 3 aliphatic rings. The molecule has 0 unspecified atom stereocenters. The third-order valence-corrected chi connectivity index (χ3v) is 4.46. The summed E-state index contributed by atoms with van der Waals surface area (Å²) >= 11 is 0. The lowest BCUT2D eigenvalue weighted by atomic mass is 9.81. The third-order valence-electron chi connectivity index (χ3n) is 4.46. The fourth-order valence-corrected chi connectivity index (χ4v) is 3.74. The predicted molar refractivity (Wildman–Crippen MR) is 48.3 cm³/mol. The molecule has 72 valence electrons. The zero-order chi connectivity index (χ0) is 9.22. The van der Waals surface area contributed by atoms with Crippen LogP contribution in [0.3, 0.4) is 0 Å². The van der Waals surface area contributed by atoms with Gasteiger partial charge in [0, 0.05) is 11.8 Å². The third kappa shape index (κ3) is 0.697. The quantitative estimate of drug-likeness (QED) is 0.418. The molecule has 2 aliphatic carbocycles. The Kier molecular flexibility index (Phi) is 1.19. The molecule has 2 saturated carbocycles. The fraction of sp³-hybridized carbons (Fsp3) is 0.900. The molecule has 0 aromatic carbocycles. The molecule has 4 atom stereocenters. The highest BCUT2D eigenvalue weighted by Crippen LogP contribution is 2.59. The maximum Gasteiger partial charge on any atom is 0.336 e. The molecule has 1 heterocycles. The maximum absolute atomic E-state index is 11.5. The molecule has 0 saturated heterocycles. The van der Waals surface area contributed by atoms with Crippen LogP contribution in [-0.4, -0.2) is 23.3 Å². The Labute approximate surface area is 78.0 Å². The van der Waals surface area contributed by atoms with Gasteiger partial charge < -0.3 is 9.94 Å². The van der Waals surface area contributed by atoms with Crippen LogP contribution in [0.4, 0.5) is 0 Å². The number of fused-ring (bicyclic) bond motifs is 5. The van der Waals surface area contributed by atoms with Crippen molar-refractivity contribution in [3.05, 3.63) is 5.21 Å². The second-order valence-electron chi connectivity index (χ2n) is 5.17. The highest BCUT2D eigenvalue weighted by molar-refractivity contribution is 5.43. The SMILES string of the molecule is CC1(C)[C@@H]2CC[C@H]1[C@@H]1OC=[N+]([O-])[C@@H]12. The lowest BCUT2D eigenvalue weighted by Crippen LogP contribution is -2.35. The second-order valence-corrected chi connectivity index (χ2v) is 5.17. The average Bonchev–Trinajstić information content (AvgIpc) is 2.63. The van der Waals surface area contributed by atoms with E-state index in [4.69, 9.17) is 4.74 Å². The first kappa shape index (κ1) is 7.65. The fourth-order valence-electron chi connectivity index (χ4n) is 3.74. The van der Waals surface area contributed by atoms with Crippen molar-refractivity contribution in [1.82, 2.24) is 0 Å². The Morgan fingerprint density at radius 3 is 2.77 bits per heavy atom. The summed E-state index contributed by atoms with van der Waals surface area (Å²) in [5.74, 6) is 1.14. The lowest BCUT2D eigenvalue weighted by molar-refractivity contribution is -0.499. The van der Waals surface area contributed by atoms with Gasteiger partial charge in [0.2, 0.25) is 6.04 Å². The van der Waals surface area contributed by atoms with E-state index in [9.17, 15) is 5.21 Å². The molecular formula is C10H15NO2. The van der Waals surface area contributed by atoms with Crippen molar-refractivity contribution < 1.29 is 9.48 Å². The van der Waals surface area contributed by atoms with Crippen molar-refractivity contribution in [1.29, 1.82) is 0 Å². The first-order valence-corrected chi connectivity index (χ1v) is 5.06. The van der Waals surface area contributed by atoms with Crippen molar-refractivity contribution >= 4 is 6.40 Å². The highest BCUT2D eigenvalue weighted by Gasteiger charge is 2.66. The Hall–Kier alpha value is -0.730. The summed E-state index contributed by atoms with van der Waals surface area (Å²) in [6.07, 6.45) is 4.00. The normalized spacial score (nSPS) is 50.2. The van der Waals surface area contributed by atoms with E-state index < -0.39 is 0 Å². The number of nitrogens with zero attached hydrogens (tertiary/aromatic N) is 1. The molecule has 0 spiro atoms. The number of hydrogen-bond acceptors (Lipinski definition) is 2. The van der Waals surface area contributed by atoms with E-state index in [1.54, 1.807) is 0 Å². The monoisotopic (exact) mass is 181 g/mol. The molecule has 0 amide bonds. The molecule has 1 aliphatic heterocycles. The highest BCUT2D eigenvalue weighted by atomic mass is 16.6. The van der Waals surface area contributed by atoms with Crippen molar-refractivity contribution in [2.45, 2.75) is 38.8 Å². The van der Waals surface area contributed by atoms with Crippen LogP contribution in [0.2, 0.25) is 0 Å². The summed E-state index contributed by atoms with van der Waals surface area (Å²) in [6, 6.07) is 0.119. The molecule has 3 heteroatoms. The van der Waals surface area contributed by atoms with Crippen molar-refractivity contribution in [3.8, 4) is 0 Å². The number of ether oxygens (including phenoxy) is 1. The van der Waals surface area contributed by atoms with Gasteiger partial charge in [-0.3, -0.25) is 0 Å². The van der Waals surface area contributed by atoms with Crippen LogP contribution in [0, 0.1) is 22.5 Å². The standard InChI is InChI=1S/C10H15NO2/c1-10(2)6-3-4-7(10)9-8(6)11(12)5-13-9/h5-9H,3-4H2,1-2H3/t6-,7+,8-,9+/m1/s1. The number of hydroxylamine groups is 1. The average molecular weight is 181 g/mol. The van der Waals surface area contributed by atoms with Crippen molar-refractivity contribution in [2.24, 2.45) is 17.3 Å². The first-order valence-electron chi connectivity index (χ1n) is 5.06. The maximum atomic E-state index is 11.5. The van der Waals surface area contributed by atoms with Gasteiger partial charge in [-0.25, -0.2) is 0 Å². The van der Waals surface area contributed by atoms with Crippen LogP contribution < -0.4 is 0 Å². The Bertz CT molecular complexity index is 285. The topological polar surface area (TPSA) is 35.3 Å². The van der Waals surface area contributed by atoms with Crippen molar-refractivity contribution in [2.75, 3.05) is 0 Å². The van der Waals surface area contributed by atoms with Gasteiger partial charge in [0.05, 0.1) is 0 Å². The summed E-state index contributed by atoms with van der Waals surface area (Å²) in [4.78, 5) is 0. The summed E-state index contributed by atoms with van der Waals surface area (Å²) < 4.78 is 6.49. The van der Waals surface area contributed by atoms with Gasteiger partial charge >= 0.3 is 6.40 Å². The summed E-state index contributed by atoms with van der Waals surface area (Å²) in [5, 5.41) is 11.5. The molecule has 2 fully saturated rings. The Balaban J connectivity index is 2.03. The molecule has 0 radical (unpaired) electrons. The predicted octanol–water partition coefficient (Wildman–Crippen LogP) is 1.36. The number of hydrogen-bond donors (Lipinski definition) is 0. The minimum absolute atomic E-state index is 0.119. The molecule has 0 aromatic heterocycles. The van der Waals surface area contributed by atoms with E-state index in [2.05, 4.69) is 13.8 Å². The second kappa shape index (κ2) is 2.02. The molecule has 3 rings (SSSR count). The van der Waals surface area contributed by atoms with Gasteiger partial charge in [-0.05, 0) is 18.3 Å². The zero-order valence-electron chi connectivity index (χ0n) is 8.06. The molecule has 2 bridgehead atoms. The lowest BCUT2D eigenvalue weighted by Gasteiger charge is -2.24. The van der Waals surface area contributed by atoms with Gasteiger partial charge in [-0.2, -0.15) is 4.74 Å². The van der Waals surface area contributed by atoms with Crippen LogP contribution >= 0.6 is 0 Å². The van der Waals surface area contributed by atoms with E-state index >= 15 is 0 Å². The molecule has 0 N–H and O–H groups in total. The van der Waals surface area contributed by atoms with Gasteiger partial charge in [-0.1, -0.05) is 13.8 Å². The molecule has 0 aromatic rings. The molecular weight excluding hydrogens is 166 g/mol. The Morgan fingerprint density at radius 2 is 2.08 bits per heavy atom.